The molecule has 1 heterocycles. The fourth-order valence-electron chi connectivity index (χ4n) is 1.83. The van der Waals surface area contributed by atoms with Gasteiger partial charge in [0, 0.05) is 24.7 Å². The van der Waals surface area contributed by atoms with E-state index in [-0.39, 0.29) is 12.3 Å². The third kappa shape index (κ3) is 4.87. The van der Waals surface area contributed by atoms with Crippen LogP contribution >= 0.6 is 0 Å². The molecule has 1 rings (SSSR count). The Morgan fingerprint density at radius 3 is 2.70 bits per heavy atom. The van der Waals surface area contributed by atoms with Crippen molar-refractivity contribution >= 4 is 17.6 Å². The van der Waals surface area contributed by atoms with Crippen molar-refractivity contribution in [3.63, 3.8) is 0 Å². The first-order valence-electron chi connectivity index (χ1n) is 6.65. The average Bonchev–Trinajstić information content (AvgIpc) is 2.34. The van der Waals surface area contributed by atoms with Crippen LogP contribution in [-0.4, -0.2) is 28.9 Å². The summed E-state index contributed by atoms with van der Waals surface area (Å²) in [6.45, 7) is 6.28. The molecule has 0 fully saturated rings. The number of pyridine rings is 1. The number of amides is 2. The van der Waals surface area contributed by atoms with Crippen molar-refractivity contribution in [1.82, 2.24) is 10.3 Å². The molecule has 2 amide bonds. The van der Waals surface area contributed by atoms with Crippen molar-refractivity contribution in [3.8, 4) is 0 Å². The second kappa shape index (κ2) is 6.88. The maximum atomic E-state index is 12.3. The number of nitrogens with one attached hydrogen (secondary N) is 2. The third-order valence-electron chi connectivity index (χ3n) is 2.66. The first kappa shape index (κ1) is 15.9. The fourth-order valence-corrected chi connectivity index (χ4v) is 1.83. The average molecular weight is 278 g/mol. The second-order valence-electron chi connectivity index (χ2n) is 5.31. The fraction of sp³-hybridized carbons (Fsp3) is 0.500. The number of rotatable bonds is 7. The quantitative estimate of drug-likeness (QED) is 0.700. The van der Waals surface area contributed by atoms with Crippen LogP contribution in [0.2, 0.25) is 0 Å². The van der Waals surface area contributed by atoms with E-state index in [2.05, 4.69) is 15.6 Å². The molecule has 4 N–H and O–H groups in total. The highest BCUT2D eigenvalue weighted by molar-refractivity contribution is 5.99. The van der Waals surface area contributed by atoms with E-state index < -0.39 is 11.4 Å². The van der Waals surface area contributed by atoms with Gasteiger partial charge in [0.2, 0.25) is 5.91 Å². The summed E-state index contributed by atoms with van der Waals surface area (Å²) >= 11 is 0. The van der Waals surface area contributed by atoms with Crippen molar-refractivity contribution in [2.45, 2.75) is 39.2 Å². The number of carbonyl (C=O) groups excluding carboxylic acids is 2. The van der Waals surface area contributed by atoms with Crippen LogP contribution in [0.1, 0.15) is 44.0 Å². The van der Waals surface area contributed by atoms with E-state index in [4.69, 9.17) is 5.73 Å². The van der Waals surface area contributed by atoms with Gasteiger partial charge < -0.3 is 16.4 Å². The largest absolute Gasteiger partial charge is 0.370 e. The topological polar surface area (TPSA) is 97.1 Å². The maximum absolute atomic E-state index is 12.3. The van der Waals surface area contributed by atoms with Gasteiger partial charge in [-0.1, -0.05) is 6.92 Å². The highest BCUT2D eigenvalue weighted by Crippen LogP contribution is 2.14. The Morgan fingerprint density at radius 2 is 2.10 bits per heavy atom. The lowest BCUT2D eigenvalue weighted by atomic mass is 9.99. The molecule has 0 aromatic carbocycles. The molecule has 0 atom stereocenters. The zero-order valence-electron chi connectivity index (χ0n) is 12.2. The number of nitrogens with two attached hydrogens (primary N) is 1. The van der Waals surface area contributed by atoms with Crippen molar-refractivity contribution in [3.05, 3.63) is 23.9 Å². The molecule has 0 aliphatic rings. The zero-order valence-corrected chi connectivity index (χ0v) is 12.2. The smallest absolute Gasteiger partial charge is 0.255 e. The van der Waals surface area contributed by atoms with Gasteiger partial charge in [-0.15, -0.1) is 0 Å². The number of primary amides is 1. The minimum absolute atomic E-state index is 0.0801. The molecular formula is C14H22N4O2. The summed E-state index contributed by atoms with van der Waals surface area (Å²) in [4.78, 5) is 27.4. The van der Waals surface area contributed by atoms with Gasteiger partial charge in [0.05, 0.1) is 5.56 Å². The summed E-state index contributed by atoms with van der Waals surface area (Å²) in [5, 5.41) is 5.91. The summed E-state index contributed by atoms with van der Waals surface area (Å²) in [6, 6.07) is 3.40. The zero-order chi connectivity index (χ0) is 15.2. The van der Waals surface area contributed by atoms with Crippen LogP contribution in [-0.2, 0) is 4.79 Å². The van der Waals surface area contributed by atoms with E-state index >= 15 is 0 Å². The SMILES string of the molecule is CCCNc1ncccc1C(=O)NC(C)(C)CC(N)=O. The summed E-state index contributed by atoms with van der Waals surface area (Å²) < 4.78 is 0. The van der Waals surface area contributed by atoms with Gasteiger partial charge in [-0.05, 0) is 32.4 Å². The summed E-state index contributed by atoms with van der Waals surface area (Å²) in [6.07, 6.45) is 2.64. The summed E-state index contributed by atoms with van der Waals surface area (Å²) in [7, 11) is 0. The van der Waals surface area contributed by atoms with Crippen LogP contribution in [0, 0.1) is 0 Å². The van der Waals surface area contributed by atoms with Gasteiger partial charge in [-0.3, -0.25) is 9.59 Å². The van der Waals surface area contributed by atoms with Crippen molar-refractivity contribution in [1.29, 1.82) is 0 Å². The lowest BCUT2D eigenvalue weighted by Gasteiger charge is -2.25. The Hall–Kier alpha value is -2.11. The number of anilines is 1. The molecular weight excluding hydrogens is 256 g/mol. The predicted octanol–water partition coefficient (Wildman–Crippen LogP) is 1.29. The monoisotopic (exact) mass is 278 g/mol. The number of carbonyl (C=O) groups is 2. The highest BCUT2D eigenvalue weighted by atomic mass is 16.2. The Balaban J connectivity index is 2.84. The number of hydrogen-bond donors (Lipinski definition) is 3. The number of hydrogen-bond acceptors (Lipinski definition) is 4. The van der Waals surface area contributed by atoms with E-state index in [9.17, 15) is 9.59 Å². The normalized spacial score (nSPS) is 10.9. The van der Waals surface area contributed by atoms with Crippen molar-refractivity contribution < 1.29 is 9.59 Å². The van der Waals surface area contributed by atoms with Crippen LogP contribution in [0.3, 0.4) is 0 Å². The van der Waals surface area contributed by atoms with Gasteiger partial charge in [0.25, 0.3) is 5.91 Å². The highest BCUT2D eigenvalue weighted by Gasteiger charge is 2.24. The number of nitrogens with zero attached hydrogens (tertiary/aromatic N) is 1. The van der Waals surface area contributed by atoms with Gasteiger partial charge in [-0.25, -0.2) is 4.98 Å². The molecule has 0 saturated heterocycles. The van der Waals surface area contributed by atoms with Gasteiger partial charge in [-0.2, -0.15) is 0 Å². The molecule has 0 bridgehead atoms. The first-order chi connectivity index (χ1) is 9.35. The van der Waals surface area contributed by atoms with E-state index in [1.807, 2.05) is 6.92 Å². The van der Waals surface area contributed by atoms with Crippen molar-refractivity contribution in [2.75, 3.05) is 11.9 Å². The third-order valence-corrected chi connectivity index (χ3v) is 2.66. The van der Waals surface area contributed by atoms with E-state index in [0.29, 0.717) is 11.4 Å². The molecule has 110 valence electrons. The van der Waals surface area contributed by atoms with E-state index in [0.717, 1.165) is 13.0 Å². The minimum atomic E-state index is -0.694. The van der Waals surface area contributed by atoms with E-state index in [1.165, 1.54) is 0 Å². The molecule has 1 aromatic heterocycles. The van der Waals surface area contributed by atoms with Crippen LogP contribution < -0.4 is 16.4 Å². The van der Waals surface area contributed by atoms with Crippen LogP contribution in [0.4, 0.5) is 5.82 Å². The lowest BCUT2D eigenvalue weighted by Crippen LogP contribution is -2.46. The molecule has 1 aromatic rings. The van der Waals surface area contributed by atoms with Crippen LogP contribution in [0.15, 0.2) is 18.3 Å². The summed E-state index contributed by atoms with van der Waals surface area (Å²) in [5.41, 5.74) is 4.94. The molecule has 0 unspecified atom stereocenters. The molecule has 6 nitrogen and oxygen atoms in total. The van der Waals surface area contributed by atoms with Crippen LogP contribution in [0.25, 0.3) is 0 Å². The summed E-state index contributed by atoms with van der Waals surface area (Å²) in [5.74, 6) is -0.185. The molecule has 0 aliphatic heterocycles. The number of aromatic nitrogens is 1. The maximum Gasteiger partial charge on any atom is 0.255 e. The molecule has 0 spiro atoms. The molecule has 6 heteroatoms. The standard InChI is InChI=1S/C14H22N4O2/c1-4-7-16-12-10(6-5-8-17-12)13(20)18-14(2,3)9-11(15)19/h5-6,8H,4,7,9H2,1-3H3,(H2,15,19)(H,16,17)(H,18,20). The van der Waals surface area contributed by atoms with Gasteiger partial charge in [0.1, 0.15) is 5.82 Å². The second-order valence-corrected chi connectivity index (χ2v) is 5.31. The van der Waals surface area contributed by atoms with Gasteiger partial charge in [0.15, 0.2) is 0 Å². The Bertz CT molecular complexity index is 486. The lowest BCUT2D eigenvalue weighted by molar-refractivity contribution is -0.119. The van der Waals surface area contributed by atoms with E-state index in [1.54, 1.807) is 32.2 Å². The molecule has 0 saturated carbocycles. The Morgan fingerprint density at radius 1 is 1.40 bits per heavy atom. The Labute approximate surface area is 119 Å². The first-order valence-corrected chi connectivity index (χ1v) is 6.65. The molecule has 20 heavy (non-hydrogen) atoms. The van der Waals surface area contributed by atoms with Crippen LogP contribution in [0.5, 0.6) is 0 Å². The van der Waals surface area contributed by atoms with Gasteiger partial charge >= 0.3 is 0 Å². The Kier molecular flexibility index (Phi) is 5.49. The predicted molar refractivity (Wildman–Crippen MR) is 78.4 cm³/mol. The van der Waals surface area contributed by atoms with Crippen molar-refractivity contribution in [2.24, 2.45) is 5.73 Å². The minimum Gasteiger partial charge on any atom is -0.370 e. The molecule has 0 aliphatic carbocycles. The molecule has 0 radical (unpaired) electrons.